The third-order valence-electron chi connectivity index (χ3n) is 2.05. The molecule has 9 heteroatoms. The number of hydrogen-bond donors (Lipinski definition) is 1. The van der Waals surface area contributed by atoms with Crippen molar-refractivity contribution in [3.8, 4) is 0 Å². The van der Waals surface area contributed by atoms with Gasteiger partial charge in [-0.05, 0) is 39.8 Å². The van der Waals surface area contributed by atoms with Gasteiger partial charge in [-0.3, -0.25) is 0 Å². The molecule has 2 N–H and O–H groups in total. The molecule has 19 heavy (non-hydrogen) atoms. The predicted octanol–water partition coefficient (Wildman–Crippen LogP) is 3.39. The van der Waals surface area contributed by atoms with Crippen LogP contribution in [0, 0.1) is 0 Å². The number of nitrogen functional groups attached to an aromatic ring is 1. The molecule has 4 nitrogen and oxygen atoms in total. The third-order valence-corrected chi connectivity index (χ3v) is 4.05. The van der Waals surface area contributed by atoms with Gasteiger partial charge in [-0.15, -0.1) is 0 Å². The molecular weight excluding hydrogens is 345 g/mol. The third kappa shape index (κ3) is 3.35. The van der Waals surface area contributed by atoms with E-state index in [9.17, 15) is 13.2 Å². The molecule has 2 heterocycles. The molecule has 0 aromatic carbocycles. The molecule has 0 spiro atoms. The summed E-state index contributed by atoms with van der Waals surface area (Å²) in [5, 5.41) is 0.867. The zero-order valence-corrected chi connectivity index (χ0v) is 11.6. The second-order valence-electron chi connectivity index (χ2n) is 3.36. The first-order valence-corrected chi connectivity index (χ1v) is 6.46. The van der Waals surface area contributed by atoms with Crippen LogP contribution in [0.15, 0.2) is 39.2 Å². The highest BCUT2D eigenvalue weighted by molar-refractivity contribution is 9.10. The standard InChI is InChI=1S/C10H6BrF3N4S/c11-7-8(15)17-4-18-9(7)19-6-2-1-5(3-16-6)10(12,13)14/h1-4H,(H2,15,17,18). The van der Waals surface area contributed by atoms with Crippen LogP contribution in [0.1, 0.15) is 5.56 Å². The van der Waals surface area contributed by atoms with Gasteiger partial charge in [0.25, 0.3) is 0 Å². The summed E-state index contributed by atoms with van der Waals surface area (Å²) < 4.78 is 37.6. The van der Waals surface area contributed by atoms with Gasteiger partial charge < -0.3 is 5.73 Å². The van der Waals surface area contributed by atoms with Crippen LogP contribution in [0.25, 0.3) is 0 Å². The smallest absolute Gasteiger partial charge is 0.383 e. The normalized spacial score (nSPS) is 11.6. The molecule has 0 radical (unpaired) electrons. The van der Waals surface area contributed by atoms with Crippen LogP contribution >= 0.6 is 27.7 Å². The Kier molecular flexibility index (Phi) is 3.95. The summed E-state index contributed by atoms with van der Waals surface area (Å²) in [5.74, 6) is 0.254. The van der Waals surface area contributed by atoms with E-state index in [-0.39, 0.29) is 5.82 Å². The summed E-state index contributed by atoms with van der Waals surface area (Å²) in [6, 6.07) is 2.24. The lowest BCUT2D eigenvalue weighted by molar-refractivity contribution is -0.137. The molecule has 0 saturated carbocycles. The second kappa shape index (κ2) is 5.33. The van der Waals surface area contributed by atoms with Gasteiger partial charge in [0.2, 0.25) is 0 Å². The van der Waals surface area contributed by atoms with E-state index in [1.54, 1.807) is 0 Å². The van der Waals surface area contributed by atoms with Crippen molar-refractivity contribution in [2.24, 2.45) is 0 Å². The van der Waals surface area contributed by atoms with Crippen molar-refractivity contribution in [1.29, 1.82) is 0 Å². The van der Waals surface area contributed by atoms with Crippen LogP contribution in [-0.2, 0) is 6.18 Å². The first kappa shape index (κ1) is 14.1. The Morgan fingerprint density at radius 1 is 1.16 bits per heavy atom. The predicted molar refractivity (Wildman–Crippen MR) is 67.5 cm³/mol. The lowest BCUT2D eigenvalue weighted by Crippen LogP contribution is -2.05. The minimum Gasteiger partial charge on any atom is -0.383 e. The SMILES string of the molecule is Nc1ncnc(Sc2ccc(C(F)(F)F)cn2)c1Br. The van der Waals surface area contributed by atoms with Crippen molar-refractivity contribution < 1.29 is 13.2 Å². The quantitative estimate of drug-likeness (QED) is 0.841. The number of pyridine rings is 1. The van der Waals surface area contributed by atoms with E-state index in [0.29, 0.717) is 14.5 Å². The van der Waals surface area contributed by atoms with Crippen molar-refractivity contribution in [3.05, 3.63) is 34.7 Å². The average molecular weight is 351 g/mol. The lowest BCUT2D eigenvalue weighted by atomic mass is 10.3. The van der Waals surface area contributed by atoms with E-state index in [4.69, 9.17) is 5.73 Å². The molecule has 0 saturated heterocycles. The minimum absolute atomic E-state index is 0.254. The van der Waals surface area contributed by atoms with Crippen molar-refractivity contribution >= 4 is 33.5 Å². The van der Waals surface area contributed by atoms with Gasteiger partial charge in [0, 0.05) is 6.20 Å². The number of nitrogens with two attached hydrogens (primary N) is 1. The van der Waals surface area contributed by atoms with E-state index in [1.807, 2.05) is 0 Å². The van der Waals surface area contributed by atoms with Gasteiger partial charge >= 0.3 is 6.18 Å². The summed E-state index contributed by atoms with van der Waals surface area (Å²) in [4.78, 5) is 11.5. The fourth-order valence-electron chi connectivity index (χ4n) is 1.14. The lowest BCUT2D eigenvalue weighted by Gasteiger charge is -2.07. The molecule has 2 aromatic heterocycles. The van der Waals surface area contributed by atoms with E-state index < -0.39 is 11.7 Å². The Hall–Kier alpha value is -1.35. The molecule has 0 bridgehead atoms. The molecule has 0 unspecified atom stereocenters. The zero-order chi connectivity index (χ0) is 14.0. The average Bonchev–Trinajstić information content (AvgIpc) is 2.35. The Morgan fingerprint density at radius 3 is 2.47 bits per heavy atom. The van der Waals surface area contributed by atoms with Crippen LogP contribution in [0.4, 0.5) is 19.0 Å². The Morgan fingerprint density at radius 2 is 1.89 bits per heavy atom. The Labute approximate surface area is 118 Å². The monoisotopic (exact) mass is 350 g/mol. The van der Waals surface area contributed by atoms with Gasteiger partial charge in [0.15, 0.2) is 0 Å². The Balaban J connectivity index is 2.23. The van der Waals surface area contributed by atoms with Crippen LogP contribution in [0.2, 0.25) is 0 Å². The molecule has 2 rings (SSSR count). The Bertz CT molecular complexity index is 588. The summed E-state index contributed by atoms with van der Waals surface area (Å²) >= 11 is 4.30. The van der Waals surface area contributed by atoms with Gasteiger partial charge in [0.05, 0.1) is 10.0 Å². The maximum atomic E-state index is 12.4. The molecule has 0 amide bonds. The van der Waals surface area contributed by atoms with Crippen LogP contribution in [0.3, 0.4) is 0 Å². The largest absolute Gasteiger partial charge is 0.417 e. The second-order valence-corrected chi connectivity index (χ2v) is 5.17. The van der Waals surface area contributed by atoms with E-state index in [0.717, 1.165) is 24.0 Å². The fraction of sp³-hybridized carbons (Fsp3) is 0.100. The van der Waals surface area contributed by atoms with Crippen LogP contribution in [0.5, 0.6) is 0 Å². The number of rotatable bonds is 2. The number of alkyl halides is 3. The van der Waals surface area contributed by atoms with E-state index >= 15 is 0 Å². The highest BCUT2D eigenvalue weighted by Crippen LogP contribution is 2.34. The topological polar surface area (TPSA) is 64.7 Å². The summed E-state index contributed by atoms with van der Waals surface area (Å²) in [6.07, 6.45) is -2.34. The van der Waals surface area contributed by atoms with Crippen LogP contribution < -0.4 is 5.73 Å². The molecule has 0 aliphatic rings. The number of anilines is 1. The first-order chi connectivity index (χ1) is 8.88. The van der Waals surface area contributed by atoms with E-state index in [1.165, 1.54) is 12.4 Å². The van der Waals surface area contributed by atoms with Crippen LogP contribution in [-0.4, -0.2) is 15.0 Å². The number of hydrogen-bond acceptors (Lipinski definition) is 5. The molecule has 0 aliphatic carbocycles. The maximum absolute atomic E-state index is 12.4. The molecule has 0 aliphatic heterocycles. The summed E-state index contributed by atoms with van der Waals surface area (Å²) in [6.45, 7) is 0. The molecule has 0 fully saturated rings. The fourth-order valence-corrected chi connectivity index (χ4v) is 2.33. The van der Waals surface area contributed by atoms with E-state index in [2.05, 4.69) is 30.9 Å². The van der Waals surface area contributed by atoms with Crippen molar-refractivity contribution in [2.75, 3.05) is 5.73 Å². The molecular formula is C10H6BrF3N4S. The van der Waals surface area contributed by atoms with Gasteiger partial charge in [-0.2, -0.15) is 13.2 Å². The summed E-state index contributed by atoms with van der Waals surface area (Å²) in [5.41, 5.74) is 4.78. The number of halogens is 4. The van der Waals surface area contributed by atoms with Gasteiger partial charge in [-0.25, -0.2) is 15.0 Å². The minimum atomic E-state index is -4.39. The van der Waals surface area contributed by atoms with Crippen molar-refractivity contribution in [1.82, 2.24) is 15.0 Å². The molecule has 0 atom stereocenters. The zero-order valence-electron chi connectivity index (χ0n) is 9.15. The van der Waals surface area contributed by atoms with Crippen molar-refractivity contribution in [2.45, 2.75) is 16.2 Å². The molecule has 100 valence electrons. The summed E-state index contributed by atoms with van der Waals surface area (Å²) in [7, 11) is 0. The number of nitrogens with zero attached hydrogens (tertiary/aromatic N) is 3. The number of aromatic nitrogens is 3. The van der Waals surface area contributed by atoms with Crippen molar-refractivity contribution in [3.63, 3.8) is 0 Å². The highest BCUT2D eigenvalue weighted by atomic mass is 79.9. The van der Waals surface area contributed by atoms with Gasteiger partial charge in [0.1, 0.15) is 22.2 Å². The highest BCUT2D eigenvalue weighted by Gasteiger charge is 2.30. The van der Waals surface area contributed by atoms with Gasteiger partial charge in [-0.1, -0.05) is 0 Å². The first-order valence-electron chi connectivity index (χ1n) is 4.85. The maximum Gasteiger partial charge on any atom is 0.417 e. The molecule has 2 aromatic rings.